The number of likely N-dealkylation sites (tertiary alicyclic amines) is 1. The molecule has 0 aliphatic carbocycles. The number of carbonyl (C=O) groups excluding carboxylic acids is 1. The van der Waals surface area contributed by atoms with E-state index in [4.69, 9.17) is 0 Å². The molecule has 1 aliphatic heterocycles. The van der Waals surface area contributed by atoms with Crippen molar-refractivity contribution in [1.82, 2.24) is 14.5 Å². The van der Waals surface area contributed by atoms with Gasteiger partial charge in [0.2, 0.25) is 5.91 Å². The molecule has 0 bridgehead atoms. The van der Waals surface area contributed by atoms with Crippen LogP contribution in [0, 0.1) is 17.3 Å². The van der Waals surface area contributed by atoms with E-state index >= 15 is 0 Å². The van der Waals surface area contributed by atoms with Crippen molar-refractivity contribution < 1.29 is 14.7 Å². The number of benzene rings is 1. The predicted octanol–water partition coefficient (Wildman–Crippen LogP) is 5.65. The van der Waals surface area contributed by atoms with Crippen LogP contribution in [0.4, 0.5) is 10.5 Å². The topological polar surface area (TPSA) is 87.5 Å². The highest BCUT2D eigenvalue weighted by molar-refractivity contribution is 5.92. The van der Waals surface area contributed by atoms with Crippen molar-refractivity contribution in [3.8, 4) is 0 Å². The van der Waals surface area contributed by atoms with Gasteiger partial charge in [-0.3, -0.25) is 4.79 Å². The van der Waals surface area contributed by atoms with Gasteiger partial charge in [-0.1, -0.05) is 59.6 Å². The van der Waals surface area contributed by atoms with Crippen molar-refractivity contribution in [3.63, 3.8) is 0 Å². The Morgan fingerprint density at radius 2 is 1.85 bits per heavy atom. The zero-order valence-corrected chi connectivity index (χ0v) is 20.5. The molecule has 7 nitrogen and oxygen atoms in total. The van der Waals surface area contributed by atoms with Crippen molar-refractivity contribution in [2.45, 2.75) is 72.4 Å². The minimum absolute atomic E-state index is 0.0341. The average molecular weight is 455 g/mol. The SMILES string of the molecule is CCC(CC)C(c1ccc(NC(=O)C2CCN(C(=O)O)C(C(C)(C)C)C2)cc1)n1ccnc1. The summed E-state index contributed by atoms with van der Waals surface area (Å²) in [6, 6.07) is 8.13. The first kappa shape index (κ1) is 24.8. The molecule has 3 rings (SSSR count). The van der Waals surface area contributed by atoms with E-state index in [0.29, 0.717) is 25.3 Å². The second kappa shape index (κ2) is 10.4. The quantitative estimate of drug-likeness (QED) is 0.566. The predicted molar refractivity (Wildman–Crippen MR) is 130 cm³/mol. The number of carbonyl (C=O) groups is 2. The van der Waals surface area contributed by atoms with Crippen LogP contribution in [-0.2, 0) is 4.79 Å². The molecule has 2 amide bonds. The Hall–Kier alpha value is -2.83. The van der Waals surface area contributed by atoms with E-state index in [0.717, 1.165) is 18.5 Å². The molecule has 2 N–H and O–H groups in total. The van der Waals surface area contributed by atoms with Gasteiger partial charge in [0.05, 0.1) is 12.4 Å². The zero-order valence-electron chi connectivity index (χ0n) is 20.5. The summed E-state index contributed by atoms with van der Waals surface area (Å²) in [7, 11) is 0. The third-order valence-corrected chi connectivity index (χ3v) is 7.08. The summed E-state index contributed by atoms with van der Waals surface area (Å²) in [5.41, 5.74) is 1.74. The van der Waals surface area contributed by atoms with Crippen LogP contribution in [0.15, 0.2) is 43.0 Å². The highest BCUT2D eigenvalue weighted by Gasteiger charge is 2.40. The normalized spacial score (nSPS) is 20.0. The number of carboxylic acid groups (broad SMARTS) is 1. The van der Waals surface area contributed by atoms with Gasteiger partial charge >= 0.3 is 6.09 Å². The van der Waals surface area contributed by atoms with Gasteiger partial charge in [-0.25, -0.2) is 9.78 Å². The molecule has 1 aromatic carbocycles. The molecule has 1 aliphatic rings. The van der Waals surface area contributed by atoms with Crippen LogP contribution < -0.4 is 5.32 Å². The Morgan fingerprint density at radius 1 is 1.18 bits per heavy atom. The summed E-state index contributed by atoms with van der Waals surface area (Å²) < 4.78 is 2.16. The lowest BCUT2D eigenvalue weighted by molar-refractivity contribution is -0.122. The van der Waals surface area contributed by atoms with Crippen molar-refractivity contribution in [1.29, 1.82) is 0 Å². The Labute approximate surface area is 197 Å². The minimum Gasteiger partial charge on any atom is -0.465 e. The first-order valence-electron chi connectivity index (χ1n) is 12.0. The van der Waals surface area contributed by atoms with Crippen molar-refractivity contribution in [2.75, 3.05) is 11.9 Å². The summed E-state index contributed by atoms with van der Waals surface area (Å²) in [6.45, 7) is 10.9. The van der Waals surface area contributed by atoms with Crippen LogP contribution in [0.1, 0.15) is 71.9 Å². The lowest BCUT2D eigenvalue weighted by Gasteiger charge is -2.44. The molecule has 3 unspecified atom stereocenters. The van der Waals surface area contributed by atoms with Gasteiger partial charge in [-0.05, 0) is 41.9 Å². The summed E-state index contributed by atoms with van der Waals surface area (Å²) in [4.78, 5) is 30.4. The molecule has 2 heterocycles. The Balaban J connectivity index is 1.71. The number of nitrogens with one attached hydrogen (secondary N) is 1. The van der Waals surface area contributed by atoms with Gasteiger partial charge in [0.1, 0.15) is 0 Å². The van der Waals surface area contributed by atoms with Gasteiger partial charge in [-0.15, -0.1) is 0 Å². The fraction of sp³-hybridized carbons (Fsp3) is 0.577. The summed E-state index contributed by atoms with van der Waals surface area (Å²) >= 11 is 0. The van der Waals surface area contributed by atoms with E-state index in [1.807, 2.05) is 51.6 Å². The number of hydrogen-bond donors (Lipinski definition) is 2. The molecular weight excluding hydrogens is 416 g/mol. The van der Waals surface area contributed by atoms with E-state index in [9.17, 15) is 14.7 Å². The number of amides is 2. The third kappa shape index (κ3) is 5.75. The maximum atomic E-state index is 13.0. The first-order valence-corrected chi connectivity index (χ1v) is 12.0. The summed E-state index contributed by atoms with van der Waals surface area (Å²) in [5.74, 6) is 0.259. The van der Waals surface area contributed by atoms with E-state index < -0.39 is 6.09 Å². The molecule has 0 spiro atoms. The zero-order chi connectivity index (χ0) is 24.2. The largest absolute Gasteiger partial charge is 0.465 e. The van der Waals surface area contributed by atoms with Gasteiger partial charge in [0.15, 0.2) is 0 Å². The lowest BCUT2D eigenvalue weighted by atomic mass is 9.77. The molecule has 0 saturated carbocycles. The van der Waals surface area contributed by atoms with Crippen molar-refractivity contribution in [2.24, 2.45) is 17.3 Å². The number of anilines is 1. The molecular formula is C26H38N4O3. The van der Waals surface area contributed by atoms with E-state index in [2.05, 4.69) is 40.8 Å². The van der Waals surface area contributed by atoms with Crippen LogP contribution in [0.25, 0.3) is 0 Å². The minimum atomic E-state index is -0.908. The standard InChI is InChI=1S/C26H38N4O3/c1-6-18(7-2)23(29-15-13-27-17-29)19-8-10-21(11-9-19)28-24(31)20-12-14-30(25(32)33)22(16-20)26(3,4)5/h8-11,13,15,17-18,20,22-23H,6-7,12,14,16H2,1-5H3,(H,28,31)(H,32,33). The molecule has 0 radical (unpaired) electrons. The Morgan fingerprint density at radius 3 is 2.36 bits per heavy atom. The monoisotopic (exact) mass is 454 g/mol. The molecule has 1 saturated heterocycles. The second-order valence-electron chi connectivity index (χ2n) is 10.2. The summed E-state index contributed by atoms with van der Waals surface area (Å²) in [6.07, 6.45) is 8.00. The maximum Gasteiger partial charge on any atom is 0.407 e. The van der Waals surface area contributed by atoms with Gasteiger partial charge in [0.25, 0.3) is 0 Å². The van der Waals surface area contributed by atoms with E-state index in [1.165, 1.54) is 10.5 Å². The number of hydrogen-bond acceptors (Lipinski definition) is 3. The number of piperidine rings is 1. The molecule has 180 valence electrons. The van der Waals surface area contributed by atoms with Crippen LogP contribution in [-0.4, -0.2) is 44.1 Å². The molecule has 1 fully saturated rings. The van der Waals surface area contributed by atoms with Crippen LogP contribution in [0.3, 0.4) is 0 Å². The van der Waals surface area contributed by atoms with Gasteiger partial charge in [0, 0.05) is 36.6 Å². The number of aromatic nitrogens is 2. The van der Waals surface area contributed by atoms with Gasteiger partial charge < -0.3 is 19.9 Å². The van der Waals surface area contributed by atoms with Crippen LogP contribution >= 0.6 is 0 Å². The fourth-order valence-electron chi connectivity index (χ4n) is 5.12. The first-order chi connectivity index (χ1) is 15.7. The molecule has 33 heavy (non-hydrogen) atoms. The average Bonchev–Trinajstić information content (AvgIpc) is 3.31. The van der Waals surface area contributed by atoms with E-state index in [1.54, 1.807) is 0 Å². The maximum absolute atomic E-state index is 13.0. The molecule has 2 aromatic rings. The number of nitrogens with zero attached hydrogens (tertiary/aromatic N) is 3. The smallest absolute Gasteiger partial charge is 0.407 e. The molecule has 3 atom stereocenters. The Bertz CT molecular complexity index is 914. The van der Waals surface area contributed by atoms with Crippen LogP contribution in [0.2, 0.25) is 0 Å². The van der Waals surface area contributed by atoms with E-state index in [-0.39, 0.29) is 29.3 Å². The molecule has 1 aromatic heterocycles. The fourth-order valence-corrected chi connectivity index (χ4v) is 5.12. The van der Waals surface area contributed by atoms with Crippen LogP contribution in [0.5, 0.6) is 0 Å². The second-order valence-corrected chi connectivity index (χ2v) is 10.2. The summed E-state index contributed by atoms with van der Waals surface area (Å²) in [5, 5.41) is 12.6. The number of rotatable bonds is 7. The van der Waals surface area contributed by atoms with Crippen molar-refractivity contribution >= 4 is 17.7 Å². The van der Waals surface area contributed by atoms with Crippen molar-refractivity contribution in [3.05, 3.63) is 48.5 Å². The highest BCUT2D eigenvalue weighted by atomic mass is 16.4. The highest BCUT2D eigenvalue weighted by Crippen LogP contribution is 2.36. The molecule has 7 heteroatoms. The van der Waals surface area contributed by atoms with Gasteiger partial charge in [-0.2, -0.15) is 0 Å². The third-order valence-electron chi connectivity index (χ3n) is 7.08. The number of imidazole rings is 1. The lowest BCUT2D eigenvalue weighted by Crippen LogP contribution is -2.53. The Kier molecular flexibility index (Phi) is 7.82.